The Hall–Kier alpha value is -0.620. The molecule has 0 aromatic rings. The van der Waals surface area contributed by atoms with E-state index in [-0.39, 0.29) is 10.5 Å². The van der Waals surface area contributed by atoms with Crippen LogP contribution < -0.4 is 0 Å². The quantitative estimate of drug-likeness (QED) is 0.680. The van der Waals surface area contributed by atoms with Crippen LogP contribution in [-0.2, 0) is 9.47 Å². The van der Waals surface area contributed by atoms with Crippen LogP contribution in [0.2, 0.25) is 0 Å². The lowest BCUT2D eigenvalue weighted by Gasteiger charge is -1.91. The summed E-state index contributed by atoms with van der Waals surface area (Å²) in [6, 6.07) is 0. The largest absolute Gasteiger partial charge is 0.472 e. The van der Waals surface area contributed by atoms with Gasteiger partial charge in [-0.25, -0.2) is 0 Å². The molecule has 6 heteroatoms. The van der Waals surface area contributed by atoms with Crippen molar-refractivity contribution in [2.24, 2.45) is 0 Å². The van der Waals surface area contributed by atoms with Gasteiger partial charge >= 0.3 is 10.5 Å². The van der Waals surface area contributed by atoms with Gasteiger partial charge in [-0.1, -0.05) is 0 Å². The Bertz CT molecular complexity index is 122. The van der Waals surface area contributed by atoms with E-state index >= 15 is 0 Å². The van der Waals surface area contributed by atoms with Crippen molar-refractivity contribution >= 4 is 34.9 Å². The summed E-state index contributed by atoms with van der Waals surface area (Å²) in [7, 11) is 0. The maximum Gasteiger partial charge on any atom is 0.349 e. The molecule has 0 heterocycles. The smallest absolute Gasteiger partial charge is 0.349 e. The molecule has 0 aliphatic carbocycles. The highest BCUT2D eigenvalue weighted by Crippen LogP contribution is 1.72. The first kappa shape index (κ1) is 13.9. The topological polar surface area (TPSA) is 58.9 Å². The summed E-state index contributed by atoms with van der Waals surface area (Å²) >= 11 is 8.26. The van der Waals surface area contributed by atoms with Crippen LogP contribution in [0.5, 0.6) is 0 Å². The SMILES string of the molecule is CCOC(O)=S.CCOC(O)=S. The van der Waals surface area contributed by atoms with Crippen LogP contribution in [0, 0.1) is 0 Å². The Morgan fingerprint density at radius 1 is 1.00 bits per heavy atom. The Kier molecular flexibility index (Phi) is 12.1. The lowest BCUT2D eigenvalue weighted by Crippen LogP contribution is -1.96. The highest BCUT2D eigenvalue weighted by molar-refractivity contribution is 7.79. The first-order valence-electron chi connectivity index (χ1n) is 3.26. The van der Waals surface area contributed by atoms with Crippen molar-refractivity contribution in [2.45, 2.75) is 13.8 Å². The molecule has 0 bridgehead atoms. The minimum atomic E-state index is -0.377. The van der Waals surface area contributed by atoms with Crippen LogP contribution in [-0.4, -0.2) is 33.9 Å². The first-order chi connectivity index (χ1) is 5.54. The number of aliphatic hydroxyl groups is 2. The molecule has 12 heavy (non-hydrogen) atoms. The summed E-state index contributed by atoms with van der Waals surface area (Å²) in [4.78, 5) is 0. The molecule has 0 aliphatic heterocycles. The fraction of sp³-hybridized carbons (Fsp3) is 0.667. The highest BCUT2D eigenvalue weighted by atomic mass is 32.1. The number of thiocarbonyl (C=S) groups is 2. The number of rotatable bonds is 2. The van der Waals surface area contributed by atoms with E-state index < -0.39 is 0 Å². The van der Waals surface area contributed by atoms with Crippen molar-refractivity contribution in [1.82, 2.24) is 0 Å². The van der Waals surface area contributed by atoms with Crippen molar-refractivity contribution in [2.75, 3.05) is 13.2 Å². The van der Waals surface area contributed by atoms with Crippen molar-refractivity contribution in [3.05, 3.63) is 0 Å². The van der Waals surface area contributed by atoms with Gasteiger partial charge in [-0.2, -0.15) is 0 Å². The van der Waals surface area contributed by atoms with Gasteiger partial charge in [-0.05, 0) is 13.8 Å². The molecule has 0 aliphatic rings. The van der Waals surface area contributed by atoms with Gasteiger partial charge in [0.05, 0.1) is 13.2 Å². The minimum Gasteiger partial charge on any atom is -0.472 e. The van der Waals surface area contributed by atoms with Crippen LogP contribution in [0.4, 0.5) is 0 Å². The summed E-state index contributed by atoms with van der Waals surface area (Å²) < 4.78 is 8.66. The number of ether oxygens (including phenoxy) is 2. The predicted molar refractivity (Wildman–Crippen MR) is 53.7 cm³/mol. The van der Waals surface area contributed by atoms with Gasteiger partial charge in [-0.3, -0.25) is 0 Å². The molecule has 0 radical (unpaired) electrons. The summed E-state index contributed by atoms with van der Waals surface area (Å²) in [6.07, 6.45) is 0. The van der Waals surface area contributed by atoms with Crippen LogP contribution in [0.15, 0.2) is 0 Å². The molecule has 0 spiro atoms. The number of aliphatic hydroxyl groups excluding tert-OH is 2. The fourth-order valence-corrected chi connectivity index (χ4v) is 0.483. The van der Waals surface area contributed by atoms with E-state index in [1.165, 1.54) is 0 Å². The van der Waals surface area contributed by atoms with E-state index in [9.17, 15) is 0 Å². The van der Waals surface area contributed by atoms with Crippen molar-refractivity contribution < 1.29 is 19.7 Å². The van der Waals surface area contributed by atoms with Gasteiger partial charge in [0, 0.05) is 24.4 Å². The third-order valence-electron chi connectivity index (χ3n) is 0.536. The summed E-state index contributed by atoms with van der Waals surface area (Å²) in [6.45, 7) is 4.38. The zero-order valence-corrected chi connectivity index (χ0v) is 8.57. The van der Waals surface area contributed by atoms with Crippen molar-refractivity contribution in [3.63, 3.8) is 0 Å². The van der Waals surface area contributed by atoms with Gasteiger partial charge in [0.1, 0.15) is 0 Å². The second-order valence-electron chi connectivity index (χ2n) is 1.40. The molecule has 0 rings (SSSR count). The molecule has 0 saturated carbocycles. The molecule has 2 N–H and O–H groups in total. The lowest BCUT2D eigenvalue weighted by molar-refractivity contribution is 0.256. The fourth-order valence-electron chi connectivity index (χ4n) is 0.247. The second-order valence-corrected chi connectivity index (χ2v) is 2.10. The standard InChI is InChI=1S/2C3H6O2S/c2*1-2-5-3(4)6/h2*2H2,1H3,(H,4,6). The highest BCUT2D eigenvalue weighted by Gasteiger charge is 1.80. The summed E-state index contributed by atoms with van der Waals surface area (Å²) in [5.74, 6) is 0. The zero-order chi connectivity index (χ0) is 9.98. The number of hydrogen-bond donors (Lipinski definition) is 2. The van der Waals surface area contributed by atoms with Crippen LogP contribution >= 0.6 is 24.4 Å². The average Bonchev–Trinajstić information content (AvgIpc) is 1.87. The first-order valence-corrected chi connectivity index (χ1v) is 4.07. The van der Waals surface area contributed by atoms with E-state index in [0.29, 0.717) is 13.2 Å². The lowest BCUT2D eigenvalue weighted by atomic mass is 10.9. The minimum absolute atomic E-state index is 0.377. The molecule has 0 saturated heterocycles. The average molecular weight is 212 g/mol. The Morgan fingerprint density at radius 2 is 1.25 bits per heavy atom. The molecular weight excluding hydrogens is 200 g/mol. The van der Waals surface area contributed by atoms with Crippen molar-refractivity contribution in [1.29, 1.82) is 0 Å². The van der Waals surface area contributed by atoms with Crippen molar-refractivity contribution in [3.8, 4) is 0 Å². The third-order valence-corrected chi connectivity index (χ3v) is 0.771. The maximum absolute atomic E-state index is 8.06. The molecule has 0 atom stereocenters. The molecular formula is C6H12O4S2. The Morgan fingerprint density at radius 3 is 1.25 bits per heavy atom. The predicted octanol–water partition coefficient (Wildman–Crippen LogP) is 1.73. The zero-order valence-electron chi connectivity index (χ0n) is 6.94. The number of hydrogen-bond acceptors (Lipinski definition) is 4. The van der Waals surface area contributed by atoms with Crippen LogP contribution in [0.3, 0.4) is 0 Å². The van der Waals surface area contributed by atoms with Crippen LogP contribution in [0.1, 0.15) is 13.8 Å². The van der Waals surface area contributed by atoms with Gasteiger partial charge in [0.25, 0.3) is 0 Å². The molecule has 0 fully saturated rings. The summed E-state index contributed by atoms with van der Waals surface area (Å²) in [5, 5.41) is 15.4. The Balaban J connectivity index is 0. The third kappa shape index (κ3) is 22.8. The maximum atomic E-state index is 8.06. The van der Waals surface area contributed by atoms with E-state index in [4.69, 9.17) is 10.2 Å². The second kappa shape index (κ2) is 10.4. The van der Waals surface area contributed by atoms with Gasteiger partial charge in [0.2, 0.25) is 0 Å². The van der Waals surface area contributed by atoms with E-state index in [0.717, 1.165) is 0 Å². The summed E-state index contributed by atoms with van der Waals surface area (Å²) in [5.41, 5.74) is 0. The van der Waals surface area contributed by atoms with E-state index in [1.807, 2.05) is 0 Å². The van der Waals surface area contributed by atoms with Crippen LogP contribution in [0.25, 0.3) is 0 Å². The monoisotopic (exact) mass is 212 g/mol. The molecule has 0 aromatic carbocycles. The molecule has 4 nitrogen and oxygen atoms in total. The van der Waals surface area contributed by atoms with Gasteiger partial charge in [0.15, 0.2) is 0 Å². The van der Waals surface area contributed by atoms with E-state index in [1.54, 1.807) is 13.8 Å². The molecule has 0 unspecified atom stereocenters. The molecule has 0 amide bonds. The van der Waals surface area contributed by atoms with E-state index in [2.05, 4.69) is 33.9 Å². The molecule has 72 valence electrons. The van der Waals surface area contributed by atoms with Gasteiger partial charge < -0.3 is 19.7 Å². The Labute approximate surface area is 82.1 Å². The molecule has 0 aromatic heterocycles. The van der Waals surface area contributed by atoms with Gasteiger partial charge in [-0.15, -0.1) is 0 Å². The normalized spacial score (nSPS) is 7.50.